The topological polar surface area (TPSA) is 123 Å². The zero-order chi connectivity index (χ0) is 21.2. The molecule has 0 bridgehead atoms. The molecule has 0 aliphatic carbocycles. The number of nitrogens with one attached hydrogen (secondary N) is 1. The second kappa shape index (κ2) is 8.09. The van der Waals surface area contributed by atoms with E-state index < -0.39 is 31.9 Å². The van der Waals surface area contributed by atoms with E-state index in [0.29, 0.717) is 10.00 Å². The maximum absolute atomic E-state index is 12.9. The Morgan fingerprint density at radius 3 is 2.62 bits per heavy atom. The lowest BCUT2D eigenvalue weighted by Crippen LogP contribution is -2.31. The molecule has 0 radical (unpaired) electrons. The predicted molar refractivity (Wildman–Crippen MR) is 106 cm³/mol. The van der Waals surface area contributed by atoms with Crippen molar-refractivity contribution in [1.29, 1.82) is 0 Å². The number of hydrogen-bond donors (Lipinski definition) is 1. The first-order chi connectivity index (χ1) is 13.7. The summed E-state index contributed by atoms with van der Waals surface area (Å²) in [6.45, 7) is 3.36. The Kier molecular flexibility index (Phi) is 5.92. The van der Waals surface area contributed by atoms with Crippen LogP contribution in [0.3, 0.4) is 0 Å². The quantitative estimate of drug-likeness (QED) is 0.689. The van der Waals surface area contributed by atoms with Crippen molar-refractivity contribution < 1.29 is 26.4 Å². The monoisotopic (exact) mass is 439 g/mol. The highest BCUT2D eigenvalue weighted by Crippen LogP contribution is 2.34. The van der Waals surface area contributed by atoms with E-state index in [4.69, 9.17) is 4.74 Å². The Hall–Kier alpha value is -2.50. The molecule has 156 valence electrons. The molecule has 1 saturated heterocycles. The summed E-state index contributed by atoms with van der Waals surface area (Å²) in [5.74, 6) is -1.56. The summed E-state index contributed by atoms with van der Waals surface area (Å²) in [4.78, 5) is 16.2. The Morgan fingerprint density at radius 2 is 2.03 bits per heavy atom. The highest BCUT2D eigenvalue weighted by Gasteiger charge is 2.42. The number of carbonyl (C=O) groups is 1. The van der Waals surface area contributed by atoms with Gasteiger partial charge in [0.1, 0.15) is 10.6 Å². The van der Waals surface area contributed by atoms with E-state index in [0.717, 1.165) is 6.07 Å². The van der Waals surface area contributed by atoms with Gasteiger partial charge in [0.05, 0.1) is 36.2 Å². The van der Waals surface area contributed by atoms with E-state index in [1.165, 1.54) is 19.1 Å². The van der Waals surface area contributed by atoms with E-state index in [2.05, 4.69) is 9.71 Å². The molecule has 0 unspecified atom stereocenters. The summed E-state index contributed by atoms with van der Waals surface area (Å²) < 4.78 is 59.0. The molecule has 1 fully saturated rings. The van der Waals surface area contributed by atoms with Crippen LogP contribution in [0.15, 0.2) is 47.5 Å². The fourth-order valence-electron chi connectivity index (χ4n) is 2.94. The lowest BCUT2D eigenvalue weighted by Gasteiger charge is -2.18. The molecule has 2 heterocycles. The minimum Gasteiger partial charge on any atom is -0.492 e. The van der Waals surface area contributed by atoms with Crippen molar-refractivity contribution in [2.24, 2.45) is 5.92 Å². The lowest BCUT2D eigenvalue weighted by molar-refractivity contribution is -0.119. The molecule has 29 heavy (non-hydrogen) atoms. The van der Waals surface area contributed by atoms with Crippen LogP contribution in [0.5, 0.6) is 5.75 Å². The highest BCUT2D eigenvalue weighted by molar-refractivity contribution is 7.94. The van der Waals surface area contributed by atoms with Gasteiger partial charge >= 0.3 is 0 Å². The van der Waals surface area contributed by atoms with E-state index in [9.17, 15) is 21.6 Å². The third kappa shape index (κ3) is 4.41. The highest BCUT2D eigenvalue weighted by atomic mass is 32.2. The molecule has 1 N–H and O–H groups in total. The number of carbonyl (C=O) groups excluding carboxylic acids is 1. The first-order valence-electron chi connectivity index (χ1n) is 8.89. The largest absolute Gasteiger partial charge is 0.492 e. The van der Waals surface area contributed by atoms with Crippen LogP contribution in [0.25, 0.3) is 0 Å². The zero-order valence-corrected chi connectivity index (χ0v) is 17.5. The molecular weight excluding hydrogens is 418 g/mol. The smallest absolute Gasteiger partial charge is 0.244 e. The van der Waals surface area contributed by atoms with Crippen molar-refractivity contribution in [3.8, 4) is 5.75 Å². The van der Waals surface area contributed by atoms with E-state index in [1.54, 1.807) is 31.3 Å². The molecule has 1 aromatic heterocycles. The maximum atomic E-state index is 12.9. The zero-order valence-electron chi connectivity index (χ0n) is 15.9. The van der Waals surface area contributed by atoms with E-state index >= 15 is 0 Å². The Labute approximate surface area is 169 Å². The fourth-order valence-corrected chi connectivity index (χ4v) is 5.92. The van der Waals surface area contributed by atoms with Crippen molar-refractivity contribution in [3.05, 3.63) is 48.3 Å². The summed E-state index contributed by atoms with van der Waals surface area (Å²) in [6, 6.07) is 8.95. The van der Waals surface area contributed by atoms with Crippen molar-refractivity contribution >= 4 is 31.6 Å². The molecule has 1 atom stereocenters. The van der Waals surface area contributed by atoms with Crippen LogP contribution in [0, 0.1) is 5.92 Å². The number of hydrogen-bond acceptors (Lipinski definition) is 7. The number of anilines is 1. The number of aromatic nitrogens is 1. The van der Waals surface area contributed by atoms with Crippen molar-refractivity contribution in [2.75, 3.05) is 16.7 Å². The van der Waals surface area contributed by atoms with Crippen LogP contribution in [-0.2, 0) is 31.4 Å². The van der Waals surface area contributed by atoms with Gasteiger partial charge in [-0.25, -0.2) is 25.9 Å². The maximum Gasteiger partial charge on any atom is 0.244 e. The van der Waals surface area contributed by atoms with Gasteiger partial charge in [-0.2, -0.15) is 0 Å². The normalized spacial score (nSPS) is 18.8. The standard InChI is InChI=1S/C18H21N3O6S2/c1-3-27-16-8-7-15(21-18(22)13(2)12-28(21,23)24)10-17(16)29(25,26)20-11-14-6-4-5-9-19-14/h4-10,13,20H,3,11-12H2,1-2H3/t13-/m1/s1. The second-order valence-electron chi connectivity index (χ2n) is 6.49. The van der Waals surface area contributed by atoms with Crippen molar-refractivity contribution in [3.63, 3.8) is 0 Å². The number of pyridine rings is 1. The molecule has 1 amide bonds. The van der Waals surface area contributed by atoms with Crippen molar-refractivity contribution in [2.45, 2.75) is 25.3 Å². The van der Waals surface area contributed by atoms with Gasteiger partial charge in [0.25, 0.3) is 0 Å². The van der Waals surface area contributed by atoms with Gasteiger partial charge in [0.15, 0.2) is 0 Å². The Bertz CT molecular complexity index is 1120. The summed E-state index contributed by atoms with van der Waals surface area (Å²) in [7, 11) is -7.94. The molecule has 2 aromatic rings. The first kappa shape index (κ1) is 21.2. The minimum atomic E-state index is -4.08. The van der Waals surface area contributed by atoms with Crippen LogP contribution >= 0.6 is 0 Å². The van der Waals surface area contributed by atoms with Crippen LogP contribution in [0.4, 0.5) is 5.69 Å². The van der Waals surface area contributed by atoms with E-state index in [1.807, 2.05) is 0 Å². The van der Waals surface area contributed by atoms with E-state index in [-0.39, 0.29) is 35.2 Å². The van der Waals surface area contributed by atoms with Gasteiger partial charge < -0.3 is 4.74 Å². The number of rotatable bonds is 7. The average Bonchev–Trinajstić information content (AvgIpc) is 2.88. The molecule has 0 saturated carbocycles. The number of ether oxygens (including phenoxy) is 1. The third-order valence-electron chi connectivity index (χ3n) is 4.28. The van der Waals surface area contributed by atoms with Crippen LogP contribution in [-0.4, -0.2) is 40.1 Å². The Balaban J connectivity index is 2.00. The van der Waals surface area contributed by atoms with Gasteiger partial charge in [-0.05, 0) is 37.3 Å². The average molecular weight is 440 g/mol. The first-order valence-corrected chi connectivity index (χ1v) is 12.0. The molecule has 1 aliphatic heterocycles. The van der Waals surface area contributed by atoms with Crippen molar-refractivity contribution in [1.82, 2.24) is 9.71 Å². The summed E-state index contributed by atoms with van der Waals surface area (Å²) in [6.07, 6.45) is 1.54. The van der Waals surface area contributed by atoms with Gasteiger partial charge in [-0.15, -0.1) is 0 Å². The van der Waals surface area contributed by atoms with Gasteiger partial charge in [-0.1, -0.05) is 13.0 Å². The van der Waals surface area contributed by atoms with Gasteiger partial charge in [-0.3, -0.25) is 9.78 Å². The molecule has 11 heteroatoms. The molecule has 3 rings (SSSR count). The summed E-state index contributed by atoms with van der Waals surface area (Å²) in [5, 5.41) is 0. The number of sulfonamides is 2. The lowest BCUT2D eigenvalue weighted by atomic mass is 10.2. The number of nitrogens with zero attached hydrogens (tertiary/aromatic N) is 2. The fraction of sp³-hybridized carbons (Fsp3) is 0.333. The number of benzene rings is 1. The van der Waals surface area contributed by atoms with Crippen LogP contribution in [0.2, 0.25) is 0 Å². The molecule has 1 aromatic carbocycles. The number of amides is 1. The van der Waals surface area contributed by atoms with Crippen LogP contribution in [0.1, 0.15) is 19.5 Å². The third-order valence-corrected chi connectivity index (χ3v) is 7.57. The minimum absolute atomic E-state index is 0.0407. The molecule has 1 aliphatic rings. The summed E-state index contributed by atoms with van der Waals surface area (Å²) in [5.41, 5.74) is 0.470. The Morgan fingerprint density at radius 1 is 1.28 bits per heavy atom. The molecular formula is C18H21N3O6S2. The van der Waals surface area contributed by atoms with Gasteiger partial charge in [0, 0.05) is 6.20 Å². The molecule has 9 nitrogen and oxygen atoms in total. The predicted octanol–water partition coefficient (Wildman–Crippen LogP) is 1.27. The summed E-state index contributed by atoms with van der Waals surface area (Å²) >= 11 is 0. The second-order valence-corrected chi connectivity index (χ2v) is 10.1. The van der Waals surface area contributed by atoms with Gasteiger partial charge in [0.2, 0.25) is 26.0 Å². The SMILES string of the molecule is CCOc1ccc(N2C(=O)[C@H](C)CS2(=O)=O)cc1S(=O)(=O)NCc1ccccn1. The van der Waals surface area contributed by atoms with Crippen LogP contribution < -0.4 is 13.8 Å². The molecule has 0 spiro atoms.